The maximum atomic E-state index is 13.0. The number of nitrogens with zero attached hydrogens (tertiary/aromatic N) is 1. The first-order valence-corrected chi connectivity index (χ1v) is 10.8. The number of furan rings is 1. The highest BCUT2D eigenvalue weighted by molar-refractivity contribution is 9.10. The maximum absolute atomic E-state index is 13.0. The van der Waals surface area contributed by atoms with Crippen molar-refractivity contribution >= 4 is 32.8 Å². The molecular weight excluding hydrogens is 448 g/mol. The lowest BCUT2D eigenvalue weighted by Crippen LogP contribution is -2.43. The van der Waals surface area contributed by atoms with Gasteiger partial charge in [-0.25, -0.2) is 0 Å². The summed E-state index contributed by atoms with van der Waals surface area (Å²) >= 11 is 3.48. The van der Waals surface area contributed by atoms with Gasteiger partial charge in [-0.15, -0.1) is 0 Å². The number of halogens is 1. The summed E-state index contributed by atoms with van der Waals surface area (Å²) in [6.45, 7) is 5.42. The van der Waals surface area contributed by atoms with Crippen LogP contribution in [0.2, 0.25) is 0 Å². The molecule has 6 nitrogen and oxygen atoms in total. The van der Waals surface area contributed by atoms with Crippen LogP contribution in [0.25, 0.3) is 11.0 Å². The zero-order valence-electron chi connectivity index (χ0n) is 17.1. The Bertz CT molecular complexity index is 1030. The zero-order chi connectivity index (χ0) is 21.1. The Morgan fingerprint density at radius 1 is 1.20 bits per heavy atom. The Morgan fingerprint density at radius 3 is 2.63 bits per heavy atom. The van der Waals surface area contributed by atoms with Gasteiger partial charge in [0.15, 0.2) is 5.76 Å². The van der Waals surface area contributed by atoms with Gasteiger partial charge in [-0.2, -0.15) is 0 Å². The summed E-state index contributed by atoms with van der Waals surface area (Å²) in [5.74, 6) is 0.970. The summed E-state index contributed by atoms with van der Waals surface area (Å²) in [7, 11) is 1.66. The number of morpholine rings is 1. The number of hydrogen-bond donors (Lipinski definition) is 1. The molecular formula is C23H25BrN2O4. The Balaban J connectivity index is 1.54. The lowest BCUT2D eigenvalue weighted by Gasteiger charge is -2.35. The number of amides is 1. The summed E-state index contributed by atoms with van der Waals surface area (Å²) in [6.07, 6.45) is 0. The highest BCUT2D eigenvalue weighted by Gasteiger charge is 2.25. The summed E-state index contributed by atoms with van der Waals surface area (Å²) in [4.78, 5) is 15.3. The van der Waals surface area contributed by atoms with Crippen LogP contribution in [0.3, 0.4) is 0 Å². The Hall–Kier alpha value is -2.35. The third kappa shape index (κ3) is 4.38. The van der Waals surface area contributed by atoms with Crippen LogP contribution in [0.5, 0.6) is 5.75 Å². The average molecular weight is 473 g/mol. The van der Waals surface area contributed by atoms with Crippen molar-refractivity contribution < 1.29 is 18.7 Å². The van der Waals surface area contributed by atoms with Crippen LogP contribution in [-0.2, 0) is 4.74 Å². The Morgan fingerprint density at radius 2 is 1.93 bits per heavy atom. The first kappa shape index (κ1) is 20.9. The topological polar surface area (TPSA) is 63.9 Å². The monoisotopic (exact) mass is 472 g/mol. The van der Waals surface area contributed by atoms with Crippen molar-refractivity contribution in [3.63, 3.8) is 0 Å². The van der Waals surface area contributed by atoms with Gasteiger partial charge in [0.05, 0.1) is 26.4 Å². The van der Waals surface area contributed by atoms with E-state index in [4.69, 9.17) is 13.9 Å². The summed E-state index contributed by atoms with van der Waals surface area (Å²) in [5, 5.41) is 4.02. The second kappa shape index (κ2) is 9.20. The number of nitrogens with one attached hydrogen (secondary N) is 1. The van der Waals surface area contributed by atoms with Crippen molar-refractivity contribution in [2.24, 2.45) is 0 Å². The minimum absolute atomic E-state index is 0.0441. The molecule has 1 N–H and O–H groups in total. The van der Waals surface area contributed by atoms with E-state index in [0.717, 1.165) is 39.8 Å². The van der Waals surface area contributed by atoms with Gasteiger partial charge in [0.25, 0.3) is 5.91 Å². The molecule has 0 spiro atoms. The molecule has 2 heterocycles. The quantitative estimate of drug-likeness (QED) is 0.578. The predicted molar refractivity (Wildman–Crippen MR) is 119 cm³/mol. The lowest BCUT2D eigenvalue weighted by molar-refractivity contribution is 0.0161. The lowest BCUT2D eigenvalue weighted by atomic mass is 10.0. The Kier molecular flexibility index (Phi) is 6.41. The van der Waals surface area contributed by atoms with Crippen molar-refractivity contribution in [1.82, 2.24) is 10.2 Å². The first-order chi connectivity index (χ1) is 14.6. The van der Waals surface area contributed by atoms with Crippen molar-refractivity contribution in [2.45, 2.75) is 13.0 Å². The number of carbonyl (C=O) groups excluding carboxylic acids is 1. The molecule has 1 saturated heterocycles. The van der Waals surface area contributed by atoms with E-state index in [9.17, 15) is 4.79 Å². The molecule has 4 rings (SSSR count). The van der Waals surface area contributed by atoms with Crippen LogP contribution in [0.15, 0.2) is 51.4 Å². The molecule has 1 aliphatic rings. The van der Waals surface area contributed by atoms with Crippen molar-refractivity contribution in [3.8, 4) is 5.75 Å². The normalized spacial score (nSPS) is 15.8. The van der Waals surface area contributed by atoms with Gasteiger partial charge in [-0.05, 0) is 42.8 Å². The number of carbonyl (C=O) groups is 1. The number of fused-ring (bicyclic) bond motifs is 1. The fourth-order valence-electron chi connectivity index (χ4n) is 3.85. The van der Waals surface area contributed by atoms with Gasteiger partial charge in [0.2, 0.25) is 0 Å². The second-order valence-electron chi connectivity index (χ2n) is 7.34. The van der Waals surface area contributed by atoms with Crippen LogP contribution >= 0.6 is 15.9 Å². The largest absolute Gasteiger partial charge is 0.497 e. The third-order valence-corrected chi connectivity index (χ3v) is 6.04. The smallest absolute Gasteiger partial charge is 0.287 e. The number of aryl methyl sites for hydroxylation is 1. The summed E-state index contributed by atoms with van der Waals surface area (Å²) in [5.41, 5.74) is 2.68. The molecule has 2 aromatic carbocycles. The van der Waals surface area contributed by atoms with Gasteiger partial charge in [-0.1, -0.05) is 28.1 Å². The zero-order valence-corrected chi connectivity index (χ0v) is 18.7. The van der Waals surface area contributed by atoms with E-state index in [1.165, 1.54) is 0 Å². The van der Waals surface area contributed by atoms with Gasteiger partial charge in [0.1, 0.15) is 11.3 Å². The highest BCUT2D eigenvalue weighted by atomic mass is 79.9. The van der Waals surface area contributed by atoms with Crippen molar-refractivity contribution in [3.05, 3.63) is 63.8 Å². The van der Waals surface area contributed by atoms with Crippen LogP contribution in [0.1, 0.15) is 27.7 Å². The van der Waals surface area contributed by atoms with Gasteiger partial charge < -0.3 is 19.2 Å². The SMILES string of the molecule is COc1ccc([C@H](CNC(=O)c2oc3ccc(Br)cc3c2C)N2CCOCC2)cc1. The number of ether oxygens (including phenoxy) is 2. The molecule has 0 unspecified atom stereocenters. The van der Waals surface area contributed by atoms with Gasteiger partial charge >= 0.3 is 0 Å². The van der Waals surface area contributed by atoms with Crippen molar-refractivity contribution in [2.75, 3.05) is 40.0 Å². The van der Waals surface area contributed by atoms with Crippen LogP contribution in [0.4, 0.5) is 0 Å². The predicted octanol–water partition coefficient (Wildman–Crippen LogP) is 4.32. The molecule has 0 aliphatic carbocycles. The van der Waals surface area contributed by atoms with E-state index in [0.29, 0.717) is 31.1 Å². The maximum Gasteiger partial charge on any atom is 0.287 e. The van der Waals surface area contributed by atoms with Crippen LogP contribution in [-0.4, -0.2) is 50.8 Å². The number of methoxy groups -OCH3 is 1. The average Bonchev–Trinajstić information content (AvgIpc) is 3.11. The molecule has 0 radical (unpaired) electrons. The molecule has 30 heavy (non-hydrogen) atoms. The molecule has 3 aromatic rings. The van der Waals surface area contributed by atoms with Crippen LogP contribution in [0, 0.1) is 6.92 Å². The number of rotatable bonds is 6. The summed E-state index contributed by atoms with van der Waals surface area (Å²) in [6, 6.07) is 13.8. The van der Waals surface area contributed by atoms with E-state index in [-0.39, 0.29) is 11.9 Å². The van der Waals surface area contributed by atoms with E-state index in [1.807, 2.05) is 37.3 Å². The highest BCUT2D eigenvalue weighted by Crippen LogP contribution is 2.28. The Labute approximate surface area is 184 Å². The standard InChI is InChI=1S/C23H25BrN2O4/c1-15-19-13-17(24)5-8-21(19)30-22(15)23(27)25-14-20(26-9-11-29-12-10-26)16-3-6-18(28-2)7-4-16/h3-8,13,20H,9-12,14H2,1-2H3,(H,25,27)/t20-/m0/s1. The van der Waals surface area contributed by atoms with E-state index in [1.54, 1.807) is 7.11 Å². The molecule has 1 aliphatic heterocycles. The fourth-order valence-corrected chi connectivity index (χ4v) is 4.21. The number of hydrogen-bond acceptors (Lipinski definition) is 5. The number of benzene rings is 2. The minimum atomic E-state index is -0.202. The van der Waals surface area contributed by atoms with Crippen LogP contribution < -0.4 is 10.1 Å². The van der Waals surface area contributed by atoms with E-state index < -0.39 is 0 Å². The van der Waals surface area contributed by atoms with E-state index in [2.05, 4.69) is 38.3 Å². The molecule has 1 amide bonds. The molecule has 1 aromatic heterocycles. The molecule has 1 fully saturated rings. The molecule has 158 valence electrons. The van der Waals surface area contributed by atoms with Crippen molar-refractivity contribution in [1.29, 1.82) is 0 Å². The van der Waals surface area contributed by atoms with E-state index >= 15 is 0 Å². The molecule has 0 saturated carbocycles. The third-order valence-electron chi connectivity index (χ3n) is 5.55. The second-order valence-corrected chi connectivity index (χ2v) is 8.26. The minimum Gasteiger partial charge on any atom is -0.497 e. The molecule has 0 bridgehead atoms. The fraction of sp³-hybridized carbons (Fsp3) is 0.348. The molecule has 7 heteroatoms. The van der Waals surface area contributed by atoms with Gasteiger partial charge in [0, 0.05) is 35.1 Å². The summed E-state index contributed by atoms with van der Waals surface area (Å²) < 4.78 is 17.6. The van der Waals surface area contributed by atoms with Gasteiger partial charge in [-0.3, -0.25) is 9.69 Å². The first-order valence-electron chi connectivity index (χ1n) is 9.99. The molecule has 1 atom stereocenters.